The number of halogens is 3. The van der Waals surface area contributed by atoms with Gasteiger partial charge in [-0.25, -0.2) is 8.78 Å². The fourth-order valence-electron chi connectivity index (χ4n) is 1.43. The van der Waals surface area contributed by atoms with E-state index in [0.29, 0.717) is 18.6 Å². The van der Waals surface area contributed by atoms with E-state index >= 15 is 0 Å². The van der Waals surface area contributed by atoms with Crippen molar-refractivity contribution in [2.24, 2.45) is 5.73 Å². The smallest absolute Gasteiger partial charge is 0.173 e. The van der Waals surface area contributed by atoms with Crippen LogP contribution in [0.5, 0.6) is 0 Å². The maximum absolute atomic E-state index is 13.2. The van der Waals surface area contributed by atoms with Crippen LogP contribution >= 0.6 is 15.9 Å². The largest absolute Gasteiger partial charge is 0.385 e. The molecule has 2 nitrogen and oxygen atoms in total. The quantitative estimate of drug-likeness (QED) is 0.669. The van der Waals surface area contributed by atoms with Gasteiger partial charge in [0.15, 0.2) is 11.6 Å². The molecule has 0 aliphatic carbocycles. The lowest BCUT2D eigenvalue weighted by molar-refractivity contribution is 0.190. The molecule has 90 valence electrons. The molecule has 0 aromatic heterocycles. The Labute approximate surface area is 102 Å². The Morgan fingerprint density at radius 1 is 1.44 bits per heavy atom. The standard InChI is InChI=1S/C11H14BrF2NO/c1-16-6-2-3-9(15)7-4-5-8(13)11(14)10(7)12/h4-5,9H,2-3,6,15H2,1H3. The second kappa shape index (κ2) is 6.27. The molecule has 1 rings (SSSR count). The van der Waals surface area contributed by atoms with Crippen LogP contribution in [-0.2, 0) is 4.74 Å². The molecule has 0 fully saturated rings. The third-order valence-corrected chi connectivity index (χ3v) is 3.13. The number of hydrogen-bond donors (Lipinski definition) is 1. The van der Waals surface area contributed by atoms with Gasteiger partial charge in [0.2, 0.25) is 0 Å². The van der Waals surface area contributed by atoms with Crippen LogP contribution in [-0.4, -0.2) is 13.7 Å². The predicted octanol–water partition coefficient (Wildman–Crippen LogP) is 3.15. The SMILES string of the molecule is COCCCC(N)c1ccc(F)c(F)c1Br. The molecule has 0 saturated heterocycles. The first-order valence-electron chi connectivity index (χ1n) is 4.95. The van der Waals surface area contributed by atoms with E-state index in [2.05, 4.69) is 15.9 Å². The molecule has 16 heavy (non-hydrogen) atoms. The van der Waals surface area contributed by atoms with E-state index < -0.39 is 11.6 Å². The summed E-state index contributed by atoms with van der Waals surface area (Å²) in [5.74, 6) is -1.76. The minimum absolute atomic E-state index is 0.109. The Morgan fingerprint density at radius 3 is 2.75 bits per heavy atom. The first-order valence-corrected chi connectivity index (χ1v) is 5.75. The maximum Gasteiger partial charge on any atom is 0.173 e. The highest BCUT2D eigenvalue weighted by Crippen LogP contribution is 2.28. The van der Waals surface area contributed by atoms with E-state index in [9.17, 15) is 8.78 Å². The molecule has 0 saturated carbocycles. The van der Waals surface area contributed by atoms with Crippen molar-refractivity contribution in [2.75, 3.05) is 13.7 Å². The minimum Gasteiger partial charge on any atom is -0.385 e. The van der Waals surface area contributed by atoms with Crippen LogP contribution < -0.4 is 5.73 Å². The molecule has 1 unspecified atom stereocenters. The average Bonchev–Trinajstić information content (AvgIpc) is 2.26. The van der Waals surface area contributed by atoms with Crippen molar-refractivity contribution in [3.63, 3.8) is 0 Å². The van der Waals surface area contributed by atoms with Crippen molar-refractivity contribution in [3.05, 3.63) is 33.8 Å². The Balaban J connectivity index is 2.76. The molecule has 0 spiro atoms. The summed E-state index contributed by atoms with van der Waals surface area (Å²) in [5.41, 5.74) is 6.46. The van der Waals surface area contributed by atoms with E-state index in [1.54, 1.807) is 7.11 Å². The Morgan fingerprint density at radius 2 is 2.12 bits per heavy atom. The molecule has 2 N–H and O–H groups in total. The first kappa shape index (κ1) is 13.5. The summed E-state index contributed by atoms with van der Waals surface area (Å²) < 4.78 is 31.1. The van der Waals surface area contributed by atoms with Crippen molar-refractivity contribution in [1.29, 1.82) is 0 Å². The summed E-state index contributed by atoms with van der Waals surface area (Å²) >= 11 is 3.01. The minimum atomic E-state index is -0.889. The van der Waals surface area contributed by atoms with Crippen LogP contribution in [0.25, 0.3) is 0 Å². The van der Waals surface area contributed by atoms with Crippen LogP contribution in [0.2, 0.25) is 0 Å². The number of hydrogen-bond acceptors (Lipinski definition) is 2. The highest BCUT2D eigenvalue weighted by Gasteiger charge is 2.15. The second-order valence-corrected chi connectivity index (χ2v) is 4.30. The topological polar surface area (TPSA) is 35.2 Å². The van der Waals surface area contributed by atoms with Gasteiger partial charge in [0.05, 0.1) is 4.47 Å². The molecule has 0 aliphatic heterocycles. The lowest BCUT2D eigenvalue weighted by atomic mass is 10.0. The van der Waals surface area contributed by atoms with Crippen LogP contribution in [0, 0.1) is 11.6 Å². The predicted molar refractivity (Wildman–Crippen MR) is 62.1 cm³/mol. The monoisotopic (exact) mass is 293 g/mol. The summed E-state index contributed by atoms with van der Waals surface area (Å²) in [7, 11) is 1.61. The number of benzene rings is 1. The molecule has 5 heteroatoms. The van der Waals surface area contributed by atoms with Gasteiger partial charge in [-0.1, -0.05) is 6.07 Å². The van der Waals surface area contributed by atoms with Gasteiger partial charge in [0, 0.05) is 19.8 Å². The zero-order valence-electron chi connectivity index (χ0n) is 8.97. The Hall–Kier alpha value is -0.520. The fraction of sp³-hybridized carbons (Fsp3) is 0.455. The molecular formula is C11H14BrF2NO. The summed E-state index contributed by atoms with van der Waals surface area (Å²) in [5, 5.41) is 0. The fourth-order valence-corrected chi connectivity index (χ4v) is 2.05. The van der Waals surface area contributed by atoms with Crippen LogP contribution in [0.1, 0.15) is 24.4 Å². The van der Waals surface area contributed by atoms with E-state index in [0.717, 1.165) is 12.5 Å². The third kappa shape index (κ3) is 3.23. The number of ether oxygens (including phenoxy) is 1. The summed E-state index contributed by atoms with van der Waals surface area (Å²) in [4.78, 5) is 0. The van der Waals surface area contributed by atoms with Crippen molar-refractivity contribution in [2.45, 2.75) is 18.9 Å². The lowest BCUT2D eigenvalue weighted by Gasteiger charge is -2.14. The second-order valence-electron chi connectivity index (χ2n) is 3.51. The lowest BCUT2D eigenvalue weighted by Crippen LogP contribution is -2.12. The van der Waals surface area contributed by atoms with Gasteiger partial charge in [-0.15, -0.1) is 0 Å². The van der Waals surface area contributed by atoms with E-state index in [1.807, 2.05) is 0 Å². The number of rotatable bonds is 5. The molecule has 0 amide bonds. The van der Waals surface area contributed by atoms with Crippen LogP contribution in [0.4, 0.5) is 8.78 Å². The van der Waals surface area contributed by atoms with Gasteiger partial charge in [-0.05, 0) is 40.4 Å². The van der Waals surface area contributed by atoms with Crippen LogP contribution in [0.15, 0.2) is 16.6 Å². The highest BCUT2D eigenvalue weighted by atomic mass is 79.9. The van der Waals surface area contributed by atoms with E-state index in [1.165, 1.54) is 6.07 Å². The first-order chi connectivity index (χ1) is 7.57. The Bertz CT molecular complexity index is 360. The van der Waals surface area contributed by atoms with Gasteiger partial charge in [-0.2, -0.15) is 0 Å². The van der Waals surface area contributed by atoms with Crippen LogP contribution in [0.3, 0.4) is 0 Å². The normalized spacial score (nSPS) is 12.8. The molecule has 0 heterocycles. The van der Waals surface area contributed by atoms with Crippen molar-refractivity contribution in [1.82, 2.24) is 0 Å². The number of methoxy groups -OCH3 is 1. The zero-order valence-corrected chi connectivity index (χ0v) is 10.6. The highest BCUT2D eigenvalue weighted by molar-refractivity contribution is 9.10. The molecule has 0 bridgehead atoms. The maximum atomic E-state index is 13.2. The van der Waals surface area contributed by atoms with E-state index in [4.69, 9.17) is 10.5 Å². The van der Waals surface area contributed by atoms with Gasteiger partial charge >= 0.3 is 0 Å². The van der Waals surface area contributed by atoms with Gasteiger partial charge in [-0.3, -0.25) is 0 Å². The van der Waals surface area contributed by atoms with Gasteiger partial charge in [0.25, 0.3) is 0 Å². The molecule has 1 aromatic carbocycles. The third-order valence-electron chi connectivity index (χ3n) is 2.33. The molecule has 0 aliphatic rings. The summed E-state index contributed by atoms with van der Waals surface area (Å²) in [6.07, 6.45) is 1.45. The van der Waals surface area contributed by atoms with Gasteiger partial charge in [0.1, 0.15) is 0 Å². The molecule has 0 radical (unpaired) electrons. The van der Waals surface area contributed by atoms with E-state index in [-0.39, 0.29) is 10.5 Å². The van der Waals surface area contributed by atoms with Crippen molar-refractivity contribution >= 4 is 15.9 Å². The molecule has 1 aromatic rings. The summed E-state index contributed by atoms with van der Waals surface area (Å²) in [6.45, 7) is 0.606. The van der Waals surface area contributed by atoms with Crippen molar-refractivity contribution < 1.29 is 13.5 Å². The van der Waals surface area contributed by atoms with Gasteiger partial charge < -0.3 is 10.5 Å². The Kier molecular flexibility index (Phi) is 5.31. The summed E-state index contributed by atoms with van der Waals surface area (Å²) in [6, 6.07) is 2.27. The van der Waals surface area contributed by atoms with Crippen molar-refractivity contribution in [3.8, 4) is 0 Å². The number of nitrogens with two attached hydrogens (primary N) is 1. The molecule has 1 atom stereocenters. The zero-order chi connectivity index (χ0) is 12.1. The average molecular weight is 294 g/mol. The molecular weight excluding hydrogens is 280 g/mol.